The summed E-state index contributed by atoms with van der Waals surface area (Å²) < 4.78 is 17.5. The van der Waals surface area contributed by atoms with E-state index in [0.29, 0.717) is 0 Å². The fraction of sp³-hybridized carbons (Fsp3) is 0.520. The van der Waals surface area contributed by atoms with Crippen LogP contribution in [0.2, 0.25) is 0 Å². The third-order valence-electron chi connectivity index (χ3n) is 6.48. The second-order valence-electron chi connectivity index (χ2n) is 8.93. The summed E-state index contributed by atoms with van der Waals surface area (Å²) in [4.78, 5) is 5.03. The SMILES string of the molecule is COc1cc2c(cc1OC)C(C)(C)COC2CCN1CCN(c2ccccc2)CC1. The first kappa shape index (κ1) is 21.0. The number of anilines is 1. The molecule has 2 aromatic rings. The largest absolute Gasteiger partial charge is 0.493 e. The number of rotatable bonds is 6. The van der Waals surface area contributed by atoms with Gasteiger partial charge >= 0.3 is 0 Å². The summed E-state index contributed by atoms with van der Waals surface area (Å²) in [6.07, 6.45) is 1.09. The minimum Gasteiger partial charge on any atom is -0.493 e. The van der Waals surface area contributed by atoms with Crippen molar-refractivity contribution in [3.05, 3.63) is 53.6 Å². The van der Waals surface area contributed by atoms with Gasteiger partial charge in [0, 0.05) is 43.8 Å². The number of ether oxygens (including phenoxy) is 3. The maximum absolute atomic E-state index is 6.34. The molecular weight excluding hydrogens is 376 g/mol. The number of piperazine rings is 1. The molecule has 2 aromatic carbocycles. The van der Waals surface area contributed by atoms with E-state index in [0.717, 1.165) is 57.3 Å². The van der Waals surface area contributed by atoms with Crippen LogP contribution in [0.5, 0.6) is 11.5 Å². The van der Waals surface area contributed by atoms with Crippen molar-refractivity contribution in [2.45, 2.75) is 31.8 Å². The van der Waals surface area contributed by atoms with Crippen LogP contribution in [0.3, 0.4) is 0 Å². The maximum Gasteiger partial charge on any atom is 0.161 e. The van der Waals surface area contributed by atoms with Crippen molar-refractivity contribution in [2.75, 3.05) is 58.5 Å². The number of hydrogen-bond donors (Lipinski definition) is 0. The van der Waals surface area contributed by atoms with Gasteiger partial charge in [0.2, 0.25) is 0 Å². The predicted octanol–water partition coefficient (Wildman–Crippen LogP) is 4.27. The van der Waals surface area contributed by atoms with Crippen molar-refractivity contribution in [1.82, 2.24) is 4.90 Å². The highest BCUT2D eigenvalue weighted by Gasteiger charge is 2.35. The van der Waals surface area contributed by atoms with Gasteiger partial charge in [-0.2, -0.15) is 0 Å². The fourth-order valence-corrected chi connectivity index (χ4v) is 4.63. The van der Waals surface area contributed by atoms with Crippen LogP contribution < -0.4 is 14.4 Å². The summed E-state index contributed by atoms with van der Waals surface area (Å²) in [5, 5.41) is 0. The van der Waals surface area contributed by atoms with Gasteiger partial charge in [0.25, 0.3) is 0 Å². The Bertz CT molecular complexity index is 845. The van der Waals surface area contributed by atoms with E-state index < -0.39 is 0 Å². The molecule has 0 saturated carbocycles. The van der Waals surface area contributed by atoms with Gasteiger partial charge < -0.3 is 19.1 Å². The molecule has 162 valence electrons. The standard InChI is InChI=1S/C25H34N2O3/c1-25(2)18-30-22(20-16-23(28-3)24(29-4)17-21(20)25)10-11-26-12-14-27(15-13-26)19-8-6-5-7-9-19/h5-9,16-17,22H,10-15,18H2,1-4H3. The lowest BCUT2D eigenvalue weighted by Crippen LogP contribution is -2.47. The molecule has 1 unspecified atom stereocenters. The van der Waals surface area contributed by atoms with E-state index in [1.165, 1.54) is 16.8 Å². The first-order valence-electron chi connectivity index (χ1n) is 10.9. The minimum atomic E-state index is -0.0350. The van der Waals surface area contributed by atoms with Crippen molar-refractivity contribution in [3.8, 4) is 11.5 Å². The third kappa shape index (κ3) is 4.28. The van der Waals surface area contributed by atoms with Gasteiger partial charge in [-0.3, -0.25) is 4.90 Å². The summed E-state index contributed by atoms with van der Waals surface area (Å²) in [6, 6.07) is 15.0. The van der Waals surface area contributed by atoms with Crippen molar-refractivity contribution < 1.29 is 14.2 Å². The Morgan fingerprint density at radius 2 is 1.63 bits per heavy atom. The van der Waals surface area contributed by atoms with Gasteiger partial charge in [0.1, 0.15) is 0 Å². The lowest BCUT2D eigenvalue weighted by molar-refractivity contribution is -0.00352. The van der Waals surface area contributed by atoms with Crippen LogP contribution in [0.1, 0.15) is 37.5 Å². The van der Waals surface area contributed by atoms with Gasteiger partial charge in [-0.1, -0.05) is 32.0 Å². The van der Waals surface area contributed by atoms with Crippen LogP contribution in [0.25, 0.3) is 0 Å². The van der Waals surface area contributed by atoms with Gasteiger partial charge in [-0.15, -0.1) is 0 Å². The van der Waals surface area contributed by atoms with Crippen LogP contribution in [0, 0.1) is 0 Å². The summed E-state index contributed by atoms with van der Waals surface area (Å²) in [5.74, 6) is 1.57. The second kappa shape index (κ2) is 8.86. The van der Waals surface area contributed by atoms with Gasteiger partial charge in [-0.25, -0.2) is 0 Å². The zero-order chi connectivity index (χ0) is 21.1. The molecule has 4 rings (SSSR count). The molecule has 0 aromatic heterocycles. The molecule has 0 radical (unpaired) electrons. The van der Waals surface area contributed by atoms with E-state index in [2.05, 4.69) is 66.1 Å². The summed E-state index contributed by atoms with van der Waals surface area (Å²) in [7, 11) is 3.39. The fourth-order valence-electron chi connectivity index (χ4n) is 4.63. The highest BCUT2D eigenvalue weighted by Crippen LogP contribution is 2.44. The Hall–Kier alpha value is -2.24. The molecule has 0 bridgehead atoms. The van der Waals surface area contributed by atoms with Crippen molar-refractivity contribution in [2.24, 2.45) is 0 Å². The molecule has 30 heavy (non-hydrogen) atoms. The molecule has 2 aliphatic heterocycles. The van der Waals surface area contributed by atoms with Crippen LogP contribution in [0.4, 0.5) is 5.69 Å². The Morgan fingerprint density at radius 3 is 2.30 bits per heavy atom. The van der Waals surface area contributed by atoms with Gasteiger partial charge in [-0.05, 0) is 41.8 Å². The zero-order valence-electron chi connectivity index (χ0n) is 18.7. The molecule has 0 N–H and O–H groups in total. The van der Waals surface area contributed by atoms with E-state index in [1.807, 2.05) is 0 Å². The first-order chi connectivity index (χ1) is 14.5. The van der Waals surface area contributed by atoms with Crippen molar-refractivity contribution >= 4 is 5.69 Å². The first-order valence-corrected chi connectivity index (χ1v) is 10.9. The molecule has 0 aliphatic carbocycles. The average Bonchev–Trinajstić information content (AvgIpc) is 2.78. The van der Waals surface area contributed by atoms with E-state index in [4.69, 9.17) is 14.2 Å². The second-order valence-corrected chi connectivity index (χ2v) is 8.93. The van der Waals surface area contributed by atoms with E-state index in [9.17, 15) is 0 Å². The van der Waals surface area contributed by atoms with Crippen molar-refractivity contribution in [3.63, 3.8) is 0 Å². The molecule has 2 heterocycles. The Balaban J connectivity index is 1.41. The van der Waals surface area contributed by atoms with Crippen LogP contribution in [-0.4, -0.2) is 58.5 Å². The molecule has 1 fully saturated rings. The van der Waals surface area contributed by atoms with Gasteiger partial charge in [0.15, 0.2) is 11.5 Å². The Kier molecular flexibility index (Phi) is 6.21. The molecule has 2 aliphatic rings. The highest BCUT2D eigenvalue weighted by atomic mass is 16.5. The van der Waals surface area contributed by atoms with Crippen molar-refractivity contribution in [1.29, 1.82) is 0 Å². The number of para-hydroxylation sites is 1. The number of nitrogens with zero attached hydrogens (tertiary/aromatic N) is 2. The number of fused-ring (bicyclic) bond motifs is 1. The molecular formula is C25H34N2O3. The molecule has 1 atom stereocenters. The molecule has 5 nitrogen and oxygen atoms in total. The Labute approximate surface area is 180 Å². The monoisotopic (exact) mass is 410 g/mol. The number of hydrogen-bond acceptors (Lipinski definition) is 5. The normalized spacial score (nSPS) is 21.2. The quantitative estimate of drug-likeness (QED) is 0.711. The summed E-state index contributed by atoms with van der Waals surface area (Å²) in [6.45, 7) is 10.6. The minimum absolute atomic E-state index is 0.0350. The van der Waals surface area contributed by atoms with Crippen LogP contribution in [-0.2, 0) is 10.2 Å². The number of methoxy groups -OCH3 is 2. The highest BCUT2D eigenvalue weighted by molar-refractivity contribution is 5.51. The Morgan fingerprint density at radius 1 is 0.967 bits per heavy atom. The maximum atomic E-state index is 6.34. The smallest absolute Gasteiger partial charge is 0.161 e. The lowest BCUT2D eigenvalue weighted by atomic mass is 9.78. The average molecular weight is 411 g/mol. The molecule has 1 saturated heterocycles. The predicted molar refractivity (Wildman–Crippen MR) is 121 cm³/mol. The van der Waals surface area contributed by atoms with E-state index >= 15 is 0 Å². The van der Waals surface area contributed by atoms with Crippen LogP contribution in [0.15, 0.2) is 42.5 Å². The molecule has 0 amide bonds. The van der Waals surface area contributed by atoms with E-state index in [-0.39, 0.29) is 11.5 Å². The summed E-state index contributed by atoms with van der Waals surface area (Å²) >= 11 is 0. The van der Waals surface area contributed by atoms with Crippen LogP contribution >= 0.6 is 0 Å². The van der Waals surface area contributed by atoms with Gasteiger partial charge in [0.05, 0.1) is 26.9 Å². The van der Waals surface area contributed by atoms with E-state index in [1.54, 1.807) is 14.2 Å². The molecule has 5 heteroatoms. The third-order valence-corrected chi connectivity index (χ3v) is 6.48. The summed E-state index contributed by atoms with van der Waals surface area (Å²) in [5.41, 5.74) is 3.84. The zero-order valence-corrected chi connectivity index (χ0v) is 18.7. The number of benzene rings is 2. The topological polar surface area (TPSA) is 34.2 Å². The lowest BCUT2D eigenvalue weighted by Gasteiger charge is -2.40. The molecule has 0 spiro atoms.